The predicted molar refractivity (Wildman–Crippen MR) is 68.4 cm³/mol. The van der Waals surface area contributed by atoms with Crippen molar-refractivity contribution in [2.45, 2.75) is 19.8 Å². The van der Waals surface area contributed by atoms with Crippen molar-refractivity contribution in [3.8, 4) is 0 Å². The number of hydrogen-bond acceptors (Lipinski definition) is 1. The fourth-order valence-corrected chi connectivity index (χ4v) is 2.23. The second-order valence-electron chi connectivity index (χ2n) is 3.51. The normalized spacial score (nSPS) is 10.9. The minimum absolute atomic E-state index is 0.788. The van der Waals surface area contributed by atoms with Gasteiger partial charge in [-0.05, 0) is 24.6 Å². The standard InChI is InChI=1S/C12H11BrClN/c1-2-3-9-7-11(14)10-5-4-8(13)6-12(10)15-9/h4-7H,2-3H2,1H3. The van der Waals surface area contributed by atoms with Crippen LogP contribution in [0.25, 0.3) is 10.9 Å². The maximum Gasteiger partial charge on any atom is 0.0731 e. The van der Waals surface area contributed by atoms with Crippen LogP contribution in [0.2, 0.25) is 5.02 Å². The lowest BCUT2D eigenvalue weighted by molar-refractivity contribution is 0.890. The lowest BCUT2D eigenvalue weighted by Gasteiger charge is -2.04. The second-order valence-corrected chi connectivity index (χ2v) is 4.83. The highest BCUT2D eigenvalue weighted by atomic mass is 79.9. The number of aromatic nitrogens is 1. The quantitative estimate of drug-likeness (QED) is 0.785. The van der Waals surface area contributed by atoms with Crippen LogP contribution < -0.4 is 0 Å². The Morgan fingerprint density at radius 1 is 1.33 bits per heavy atom. The number of hydrogen-bond donors (Lipinski definition) is 0. The van der Waals surface area contributed by atoms with Crippen molar-refractivity contribution in [1.82, 2.24) is 4.98 Å². The van der Waals surface area contributed by atoms with Gasteiger partial charge in [-0.15, -0.1) is 0 Å². The summed E-state index contributed by atoms with van der Waals surface area (Å²) in [5, 5.41) is 1.80. The summed E-state index contributed by atoms with van der Waals surface area (Å²) in [6, 6.07) is 7.93. The molecule has 1 aromatic heterocycles. The molecule has 0 aliphatic rings. The average Bonchev–Trinajstić information content (AvgIpc) is 2.17. The molecule has 0 aliphatic heterocycles. The van der Waals surface area contributed by atoms with Crippen molar-refractivity contribution < 1.29 is 0 Å². The van der Waals surface area contributed by atoms with Crippen LogP contribution in [0.4, 0.5) is 0 Å². The van der Waals surface area contributed by atoms with Crippen LogP contribution in [-0.2, 0) is 6.42 Å². The average molecular weight is 285 g/mol. The zero-order valence-corrected chi connectivity index (χ0v) is 10.8. The van der Waals surface area contributed by atoms with Gasteiger partial charge in [-0.25, -0.2) is 0 Å². The van der Waals surface area contributed by atoms with Crippen molar-refractivity contribution >= 4 is 38.4 Å². The van der Waals surface area contributed by atoms with E-state index in [9.17, 15) is 0 Å². The highest BCUT2D eigenvalue weighted by Gasteiger charge is 2.03. The Bertz CT molecular complexity index is 496. The first-order chi connectivity index (χ1) is 7.20. The summed E-state index contributed by atoms with van der Waals surface area (Å²) in [4.78, 5) is 4.57. The van der Waals surface area contributed by atoms with E-state index in [1.807, 2.05) is 24.3 Å². The Kier molecular flexibility index (Phi) is 3.27. The third-order valence-electron chi connectivity index (χ3n) is 2.28. The second kappa shape index (κ2) is 4.50. The first-order valence-corrected chi connectivity index (χ1v) is 6.12. The van der Waals surface area contributed by atoms with Crippen molar-refractivity contribution in [3.63, 3.8) is 0 Å². The number of nitrogens with zero attached hydrogens (tertiary/aromatic N) is 1. The predicted octanol–water partition coefficient (Wildman–Crippen LogP) is 4.60. The molecule has 0 bridgehead atoms. The van der Waals surface area contributed by atoms with E-state index in [0.29, 0.717) is 0 Å². The van der Waals surface area contributed by atoms with Gasteiger partial charge < -0.3 is 0 Å². The molecule has 0 radical (unpaired) electrons. The molecule has 0 N–H and O–H groups in total. The topological polar surface area (TPSA) is 12.9 Å². The Hall–Kier alpha value is -0.600. The van der Waals surface area contributed by atoms with Crippen LogP contribution >= 0.6 is 27.5 Å². The Morgan fingerprint density at radius 2 is 2.13 bits per heavy atom. The molecule has 0 saturated carbocycles. The Balaban J connectivity index is 2.63. The Labute approximate surface area is 103 Å². The summed E-state index contributed by atoms with van der Waals surface area (Å²) in [5.41, 5.74) is 2.02. The van der Waals surface area contributed by atoms with Gasteiger partial charge in [0.25, 0.3) is 0 Å². The molecule has 0 atom stereocenters. The molecule has 0 spiro atoms. The van der Waals surface area contributed by atoms with Gasteiger partial charge in [0.15, 0.2) is 0 Å². The van der Waals surface area contributed by atoms with E-state index in [1.54, 1.807) is 0 Å². The van der Waals surface area contributed by atoms with E-state index >= 15 is 0 Å². The lowest BCUT2D eigenvalue weighted by Crippen LogP contribution is -1.90. The highest BCUT2D eigenvalue weighted by molar-refractivity contribution is 9.10. The summed E-state index contributed by atoms with van der Waals surface area (Å²) < 4.78 is 1.03. The van der Waals surface area contributed by atoms with Crippen LogP contribution in [0.1, 0.15) is 19.0 Å². The lowest BCUT2D eigenvalue weighted by atomic mass is 10.1. The largest absolute Gasteiger partial charge is 0.253 e. The maximum atomic E-state index is 6.19. The van der Waals surface area contributed by atoms with E-state index in [-0.39, 0.29) is 0 Å². The number of pyridine rings is 1. The van der Waals surface area contributed by atoms with Gasteiger partial charge in [-0.1, -0.05) is 46.9 Å². The van der Waals surface area contributed by atoms with Crippen LogP contribution in [-0.4, -0.2) is 4.98 Å². The highest BCUT2D eigenvalue weighted by Crippen LogP contribution is 2.26. The molecule has 1 aromatic carbocycles. The van der Waals surface area contributed by atoms with E-state index < -0.39 is 0 Å². The monoisotopic (exact) mass is 283 g/mol. The number of halogens is 2. The fourth-order valence-electron chi connectivity index (χ4n) is 1.59. The number of aryl methyl sites for hydroxylation is 1. The zero-order chi connectivity index (χ0) is 10.8. The SMILES string of the molecule is CCCc1cc(Cl)c2ccc(Br)cc2n1. The van der Waals surface area contributed by atoms with Crippen molar-refractivity contribution in [2.75, 3.05) is 0 Å². The molecule has 78 valence electrons. The Morgan fingerprint density at radius 3 is 2.87 bits per heavy atom. The molecule has 0 fully saturated rings. The van der Waals surface area contributed by atoms with Gasteiger partial charge in [0.05, 0.1) is 10.5 Å². The van der Waals surface area contributed by atoms with Gasteiger partial charge in [0, 0.05) is 15.6 Å². The first-order valence-electron chi connectivity index (χ1n) is 4.95. The summed E-state index contributed by atoms with van der Waals surface area (Å²) in [5.74, 6) is 0. The third-order valence-corrected chi connectivity index (χ3v) is 3.09. The van der Waals surface area contributed by atoms with Crippen molar-refractivity contribution in [2.24, 2.45) is 0 Å². The smallest absolute Gasteiger partial charge is 0.0731 e. The van der Waals surface area contributed by atoms with E-state index in [2.05, 4.69) is 27.8 Å². The summed E-state index contributed by atoms with van der Waals surface area (Å²) in [6.07, 6.45) is 2.06. The van der Waals surface area contributed by atoms with Crippen molar-refractivity contribution in [1.29, 1.82) is 0 Å². The minimum Gasteiger partial charge on any atom is -0.253 e. The molecule has 0 unspecified atom stereocenters. The number of fused-ring (bicyclic) bond motifs is 1. The van der Waals surface area contributed by atoms with E-state index in [4.69, 9.17) is 11.6 Å². The summed E-state index contributed by atoms with van der Waals surface area (Å²) in [7, 11) is 0. The maximum absolute atomic E-state index is 6.19. The van der Waals surface area contributed by atoms with Gasteiger partial charge in [0.2, 0.25) is 0 Å². The van der Waals surface area contributed by atoms with Gasteiger partial charge in [-0.3, -0.25) is 4.98 Å². The molecular weight excluding hydrogens is 273 g/mol. The first kappa shape index (κ1) is 10.9. The van der Waals surface area contributed by atoms with Crippen molar-refractivity contribution in [3.05, 3.63) is 39.5 Å². The number of benzene rings is 1. The molecule has 3 heteroatoms. The van der Waals surface area contributed by atoms with Crippen LogP contribution in [0, 0.1) is 0 Å². The fraction of sp³-hybridized carbons (Fsp3) is 0.250. The molecule has 0 saturated heterocycles. The molecule has 1 nitrogen and oxygen atoms in total. The molecule has 2 aromatic rings. The zero-order valence-electron chi connectivity index (χ0n) is 8.43. The molecular formula is C12H11BrClN. The summed E-state index contributed by atoms with van der Waals surface area (Å²) in [6.45, 7) is 2.14. The minimum atomic E-state index is 0.788. The van der Waals surface area contributed by atoms with Gasteiger partial charge in [0.1, 0.15) is 0 Å². The van der Waals surface area contributed by atoms with Gasteiger partial charge >= 0.3 is 0 Å². The van der Waals surface area contributed by atoms with Crippen LogP contribution in [0.3, 0.4) is 0 Å². The molecule has 0 amide bonds. The van der Waals surface area contributed by atoms with E-state index in [1.165, 1.54) is 0 Å². The molecule has 0 aliphatic carbocycles. The van der Waals surface area contributed by atoms with Gasteiger partial charge in [-0.2, -0.15) is 0 Å². The molecule has 1 heterocycles. The molecule has 15 heavy (non-hydrogen) atoms. The molecule has 2 rings (SSSR count). The van der Waals surface area contributed by atoms with Crippen LogP contribution in [0.15, 0.2) is 28.7 Å². The van der Waals surface area contributed by atoms with E-state index in [0.717, 1.165) is 38.9 Å². The summed E-state index contributed by atoms with van der Waals surface area (Å²) >= 11 is 9.63. The van der Waals surface area contributed by atoms with Crippen LogP contribution in [0.5, 0.6) is 0 Å². The number of rotatable bonds is 2. The third kappa shape index (κ3) is 2.32.